The van der Waals surface area contributed by atoms with Gasteiger partial charge in [0.15, 0.2) is 0 Å². The molecule has 0 radical (unpaired) electrons. The summed E-state index contributed by atoms with van der Waals surface area (Å²) >= 11 is 0. The van der Waals surface area contributed by atoms with Crippen molar-refractivity contribution in [2.75, 3.05) is 13.1 Å². The molecule has 0 aliphatic carbocycles. The van der Waals surface area contributed by atoms with Gasteiger partial charge in [-0.05, 0) is 32.7 Å². The average Bonchev–Trinajstić information content (AvgIpc) is 2.24. The topological polar surface area (TPSA) is 61.4 Å². The number of piperidine rings is 1. The largest absolute Gasteiger partial charge is 0.344 e. The molecule has 0 saturated carbocycles. The van der Waals surface area contributed by atoms with Crippen LogP contribution < -0.4 is 10.6 Å². The van der Waals surface area contributed by atoms with Crippen LogP contribution in [-0.2, 0) is 9.59 Å². The van der Waals surface area contributed by atoms with Crippen molar-refractivity contribution < 1.29 is 9.59 Å². The molecule has 0 aromatic heterocycles. The summed E-state index contributed by atoms with van der Waals surface area (Å²) in [5.74, 6) is -0.867. The lowest BCUT2D eigenvalue weighted by Crippen LogP contribution is -2.62. The Labute approximate surface area is 89.2 Å². The number of nitrogens with zero attached hydrogens (tertiary/aromatic N) is 1. The third kappa shape index (κ3) is 2.12. The van der Waals surface area contributed by atoms with E-state index in [0.717, 1.165) is 25.8 Å². The Kier molecular flexibility index (Phi) is 2.90. The highest BCUT2D eigenvalue weighted by Crippen LogP contribution is 2.14. The maximum absolute atomic E-state index is 11.6. The molecule has 2 saturated heterocycles. The molecule has 0 bridgehead atoms. The fourth-order valence-electron chi connectivity index (χ4n) is 2.21. The van der Waals surface area contributed by atoms with Crippen molar-refractivity contribution in [3.63, 3.8) is 0 Å². The molecule has 5 heteroatoms. The van der Waals surface area contributed by atoms with Crippen LogP contribution in [0.3, 0.4) is 0 Å². The van der Waals surface area contributed by atoms with Crippen LogP contribution in [0.5, 0.6) is 0 Å². The van der Waals surface area contributed by atoms with E-state index in [0.29, 0.717) is 6.54 Å². The van der Waals surface area contributed by atoms with Gasteiger partial charge in [0, 0.05) is 12.6 Å². The van der Waals surface area contributed by atoms with E-state index in [2.05, 4.69) is 10.6 Å². The standard InChI is InChI=1S/C10H17N3O2/c1-7-6-13(10(15)9(14)12-7)8-4-2-3-5-11-8/h7-8,11H,2-6H2,1H3,(H,12,14). The van der Waals surface area contributed by atoms with Gasteiger partial charge in [-0.25, -0.2) is 0 Å². The number of hydrogen-bond donors (Lipinski definition) is 2. The number of hydrogen-bond acceptors (Lipinski definition) is 3. The van der Waals surface area contributed by atoms with Gasteiger partial charge in [0.05, 0.1) is 6.17 Å². The summed E-state index contributed by atoms with van der Waals surface area (Å²) < 4.78 is 0. The third-order valence-corrected chi connectivity index (χ3v) is 2.96. The fourth-order valence-corrected chi connectivity index (χ4v) is 2.21. The molecular formula is C10H17N3O2. The highest BCUT2D eigenvalue weighted by atomic mass is 16.2. The van der Waals surface area contributed by atoms with E-state index in [-0.39, 0.29) is 12.2 Å². The molecule has 2 rings (SSSR count). The first kappa shape index (κ1) is 10.4. The minimum absolute atomic E-state index is 0.0546. The van der Waals surface area contributed by atoms with Crippen LogP contribution in [0.25, 0.3) is 0 Å². The van der Waals surface area contributed by atoms with Crippen LogP contribution in [0.2, 0.25) is 0 Å². The number of carbonyl (C=O) groups excluding carboxylic acids is 2. The summed E-state index contributed by atoms with van der Waals surface area (Å²) in [5.41, 5.74) is 0. The zero-order valence-electron chi connectivity index (χ0n) is 8.95. The second-order valence-electron chi connectivity index (χ2n) is 4.30. The highest BCUT2D eigenvalue weighted by Gasteiger charge is 2.34. The number of piperazine rings is 1. The van der Waals surface area contributed by atoms with Crippen molar-refractivity contribution in [3.05, 3.63) is 0 Å². The highest BCUT2D eigenvalue weighted by molar-refractivity contribution is 6.35. The molecule has 2 aliphatic rings. The number of carbonyl (C=O) groups is 2. The van der Waals surface area contributed by atoms with Gasteiger partial charge in [-0.1, -0.05) is 0 Å². The van der Waals surface area contributed by atoms with Crippen LogP contribution in [0.1, 0.15) is 26.2 Å². The van der Waals surface area contributed by atoms with E-state index >= 15 is 0 Å². The second-order valence-corrected chi connectivity index (χ2v) is 4.30. The van der Waals surface area contributed by atoms with E-state index in [9.17, 15) is 9.59 Å². The zero-order chi connectivity index (χ0) is 10.8. The van der Waals surface area contributed by atoms with Crippen LogP contribution in [0.15, 0.2) is 0 Å². The molecule has 2 aliphatic heterocycles. The Morgan fingerprint density at radius 1 is 1.33 bits per heavy atom. The molecule has 15 heavy (non-hydrogen) atoms. The van der Waals surface area contributed by atoms with Crippen molar-refractivity contribution in [3.8, 4) is 0 Å². The van der Waals surface area contributed by atoms with Gasteiger partial charge in [-0.15, -0.1) is 0 Å². The molecule has 2 fully saturated rings. The second kappa shape index (κ2) is 4.18. The smallest absolute Gasteiger partial charge is 0.313 e. The van der Waals surface area contributed by atoms with Crippen LogP contribution in [0.4, 0.5) is 0 Å². The van der Waals surface area contributed by atoms with Gasteiger partial charge in [0.25, 0.3) is 0 Å². The van der Waals surface area contributed by atoms with Gasteiger partial charge in [-0.3, -0.25) is 14.9 Å². The Morgan fingerprint density at radius 3 is 2.80 bits per heavy atom. The molecule has 2 unspecified atom stereocenters. The minimum Gasteiger partial charge on any atom is -0.344 e. The molecular weight excluding hydrogens is 194 g/mol. The zero-order valence-corrected chi connectivity index (χ0v) is 8.95. The van der Waals surface area contributed by atoms with Crippen molar-refractivity contribution in [1.82, 2.24) is 15.5 Å². The molecule has 0 spiro atoms. The van der Waals surface area contributed by atoms with Crippen LogP contribution in [-0.4, -0.2) is 42.0 Å². The maximum Gasteiger partial charge on any atom is 0.313 e. The molecule has 84 valence electrons. The summed E-state index contributed by atoms with van der Waals surface area (Å²) in [7, 11) is 0. The van der Waals surface area contributed by atoms with Crippen molar-refractivity contribution in [1.29, 1.82) is 0 Å². The van der Waals surface area contributed by atoms with E-state index in [1.807, 2.05) is 6.92 Å². The van der Waals surface area contributed by atoms with Gasteiger partial charge >= 0.3 is 11.8 Å². The molecule has 2 amide bonds. The quantitative estimate of drug-likeness (QED) is 0.571. The summed E-state index contributed by atoms with van der Waals surface area (Å²) in [4.78, 5) is 24.6. The van der Waals surface area contributed by atoms with Gasteiger partial charge in [0.1, 0.15) is 0 Å². The van der Waals surface area contributed by atoms with E-state index in [1.54, 1.807) is 4.90 Å². The van der Waals surface area contributed by atoms with Crippen LogP contribution >= 0.6 is 0 Å². The SMILES string of the molecule is CC1CN(C2CCCCN2)C(=O)C(=O)N1. The first-order valence-electron chi connectivity index (χ1n) is 5.53. The summed E-state index contributed by atoms with van der Waals surface area (Å²) in [6.07, 6.45) is 3.28. The average molecular weight is 211 g/mol. The number of nitrogens with one attached hydrogen (secondary N) is 2. The molecule has 2 atom stereocenters. The summed E-state index contributed by atoms with van der Waals surface area (Å²) in [5, 5.41) is 5.93. The predicted octanol–water partition coefficient (Wildman–Crippen LogP) is -0.567. The minimum atomic E-state index is -0.471. The first-order chi connectivity index (χ1) is 7.18. The summed E-state index contributed by atoms with van der Waals surface area (Å²) in [6.45, 7) is 3.47. The molecule has 2 N–H and O–H groups in total. The predicted molar refractivity (Wildman–Crippen MR) is 55.0 cm³/mol. The van der Waals surface area contributed by atoms with Crippen molar-refractivity contribution >= 4 is 11.8 Å². The number of amides is 2. The van der Waals surface area contributed by atoms with E-state index in [1.165, 1.54) is 0 Å². The lowest BCUT2D eigenvalue weighted by atomic mass is 10.1. The summed E-state index contributed by atoms with van der Waals surface area (Å²) in [6, 6.07) is 0.0546. The van der Waals surface area contributed by atoms with E-state index in [4.69, 9.17) is 0 Å². The Bertz CT molecular complexity index is 274. The normalized spacial score (nSPS) is 32.7. The Morgan fingerprint density at radius 2 is 2.13 bits per heavy atom. The lowest BCUT2D eigenvalue weighted by Gasteiger charge is -2.39. The van der Waals surface area contributed by atoms with Crippen molar-refractivity contribution in [2.45, 2.75) is 38.4 Å². The fraction of sp³-hybridized carbons (Fsp3) is 0.800. The van der Waals surface area contributed by atoms with Crippen molar-refractivity contribution in [2.24, 2.45) is 0 Å². The van der Waals surface area contributed by atoms with Gasteiger partial charge < -0.3 is 10.2 Å². The molecule has 0 aromatic rings. The first-order valence-corrected chi connectivity index (χ1v) is 5.53. The Balaban J connectivity index is 2.05. The maximum atomic E-state index is 11.6. The molecule has 5 nitrogen and oxygen atoms in total. The van der Waals surface area contributed by atoms with Gasteiger partial charge in [-0.2, -0.15) is 0 Å². The Hall–Kier alpha value is -1.10. The number of rotatable bonds is 1. The van der Waals surface area contributed by atoms with Gasteiger partial charge in [0.2, 0.25) is 0 Å². The molecule has 2 heterocycles. The lowest BCUT2D eigenvalue weighted by molar-refractivity contribution is -0.152. The van der Waals surface area contributed by atoms with E-state index < -0.39 is 11.8 Å². The monoisotopic (exact) mass is 211 g/mol. The van der Waals surface area contributed by atoms with Crippen LogP contribution in [0, 0.1) is 0 Å². The molecule has 0 aromatic carbocycles. The third-order valence-electron chi connectivity index (χ3n) is 2.96.